The summed E-state index contributed by atoms with van der Waals surface area (Å²) in [5.41, 5.74) is 1.29. The van der Waals surface area contributed by atoms with Gasteiger partial charge in [-0.05, 0) is 50.4 Å². The minimum absolute atomic E-state index is 0.343. The number of nitrogens with one attached hydrogen (secondary N) is 1. The van der Waals surface area contributed by atoms with Crippen LogP contribution in [0.25, 0.3) is 0 Å². The molecule has 0 aliphatic carbocycles. The van der Waals surface area contributed by atoms with Crippen molar-refractivity contribution in [2.24, 2.45) is 0 Å². The molecule has 84 valence electrons. The maximum Gasteiger partial charge on any atom is 0.115 e. The van der Waals surface area contributed by atoms with E-state index < -0.39 is 0 Å². The maximum absolute atomic E-state index is 9.14. The van der Waals surface area contributed by atoms with Gasteiger partial charge in [0.1, 0.15) is 5.75 Å². The van der Waals surface area contributed by atoms with Crippen LogP contribution in [0.5, 0.6) is 5.75 Å². The number of benzene rings is 1. The molecular weight excluding hydrogens is 186 g/mol. The van der Waals surface area contributed by atoms with Crippen molar-refractivity contribution >= 4 is 0 Å². The van der Waals surface area contributed by atoms with Gasteiger partial charge in [0.25, 0.3) is 0 Å². The van der Waals surface area contributed by atoms with E-state index in [0.717, 1.165) is 19.4 Å². The van der Waals surface area contributed by atoms with Gasteiger partial charge in [-0.1, -0.05) is 19.1 Å². The summed E-state index contributed by atoms with van der Waals surface area (Å²) in [4.78, 5) is 0. The molecular formula is C13H21NO. The van der Waals surface area contributed by atoms with Crippen molar-refractivity contribution in [1.29, 1.82) is 0 Å². The molecule has 2 N–H and O–H groups in total. The highest BCUT2D eigenvalue weighted by atomic mass is 16.3. The van der Waals surface area contributed by atoms with Gasteiger partial charge in [0.2, 0.25) is 0 Å². The summed E-state index contributed by atoms with van der Waals surface area (Å²) in [7, 11) is 0. The maximum atomic E-state index is 9.14. The predicted molar refractivity (Wildman–Crippen MR) is 64.2 cm³/mol. The van der Waals surface area contributed by atoms with Gasteiger partial charge < -0.3 is 10.4 Å². The van der Waals surface area contributed by atoms with Crippen molar-refractivity contribution in [1.82, 2.24) is 5.32 Å². The van der Waals surface area contributed by atoms with Crippen LogP contribution in [0.15, 0.2) is 24.3 Å². The van der Waals surface area contributed by atoms with Crippen LogP contribution in [0.3, 0.4) is 0 Å². The number of phenols is 1. The Hall–Kier alpha value is -1.02. The number of rotatable bonds is 6. The van der Waals surface area contributed by atoms with Gasteiger partial charge in [-0.25, -0.2) is 0 Å². The number of phenolic OH excluding ortho intramolecular Hbond substituents is 1. The van der Waals surface area contributed by atoms with Crippen molar-refractivity contribution < 1.29 is 5.11 Å². The molecule has 1 aromatic carbocycles. The molecule has 0 radical (unpaired) electrons. The molecule has 0 aromatic heterocycles. The third kappa shape index (κ3) is 4.84. The molecule has 0 saturated carbocycles. The average Bonchev–Trinajstić information content (AvgIpc) is 2.25. The van der Waals surface area contributed by atoms with E-state index in [1.165, 1.54) is 12.0 Å². The Balaban J connectivity index is 2.27. The molecule has 0 fully saturated rings. The predicted octanol–water partition coefficient (Wildman–Crippen LogP) is 2.71. The summed E-state index contributed by atoms with van der Waals surface area (Å²) >= 11 is 0. The van der Waals surface area contributed by atoms with Gasteiger partial charge in [0, 0.05) is 6.04 Å². The SMILES string of the molecule is CCCN[C@@H](C)CCc1ccc(O)cc1. The molecule has 15 heavy (non-hydrogen) atoms. The van der Waals surface area contributed by atoms with E-state index in [4.69, 9.17) is 5.11 Å². The average molecular weight is 207 g/mol. The van der Waals surface area contributed by atoms with Gasteiger partial charge in [-0.3, -0.25) is 0 Å². The number of aryl methyl sites for hydroxylation is 1. The van der Waals surface area contributed by atoms with Crippen LogP contribution in [0.4, 0.5) is 0 Å². The fraction of sp³-hybridized carbons (Fsp3) is 0.538. The highest BCUT2D eigenvalue weighted by Gasteiger charge is 2.01. The van der Waals surface area contributed by atoms with Crippen LogP contribution in [0.2, 0.25) is 0 Å². The monoisotopic (exact) mass is 207 g/mol. The van der Waals surface area contributed by atoms with E-state index >= 15 is 0 Å². The standard InChI is InChI=1S/C13H21NO/c1-3-10-14-11(2)4-5-12-6-8-13(15)9-7-12/h6-9,11,14-15H,3-5,10H2,1-2H3/t11-/m0/s1. The molecule has 2 nitrogen and oxygen atoms in total. The fourth-order valence-corrected chi connectivity index (χ4v) is 1.54. The lowest BCUT2D eigenvalue weighted by atomic mass is 10.1. The Morgan fingerprint density at radius 3 is 2.53 bits per heavy atom. The zero-order valence-electron chi connectivity index (χ0n) is 9.66. The van der Waals surface area contributed by atoms with Crippen LogP contribution in [0, 0.1) is 0 Å². The summed E-state index contributed by atoms with van der Waals surface area (Å²) in [6, 6.07) is 8.04. The first kappa shape index (κ1) is 12.1. The van der Waals surface area contributed by atoms with Crippen LogP contribution >= 0.6 is 0 Å². The lowest BCUT2D eigenvalue weighted by Gasteiger charge is -2.12. The van der Waals surface area contributed by atoms with Gasteiger partial charge in [0.05, 0.1) is 0 Å². The third-order valence-electron chi connectivity index (χ3n) is 2.55. The Kier molecular flexibility index (Phi) is 5.19. The largest absolute Gasteiger partial charge is 0.508 e. The first-order chi connectivity index (χ1) is 7.22. The van der Waals surface area contributed by atoms with E-state index in [2.05, 4.69) is 19.2 Å². The summed E-state index contributed by atoms with van der Waals surface area (Å²) in [5.74, 6) is 0.343. The van der Waals surface area contributed by atoms with Crippen LogP contribution in [-0.2, 0) is 6.42 Å². The van der Waals surface area contributed by atoms with E-state index in [9.17, 15) is 0 Å². The van der Waals surface area contributed by atoms with Crippen molar-refractivity contribution in [2.45, 2.75) is 39.2 Å². The summed E-state index contributed by atoms with van der Waals surface area (Å²) in [5, 5.41) is 12.6. The fourth-order valence-electron chi connectivity index (χ4n) is 1.54. The molecule has 1 aromatic rings. The van der Waals surface area contributed by atoms with Gasteiger partial charge in [-0.15, -0.1) is 0 Å². The first-order valence-electron chi connectivity index (χ1n) is 5.73. The Morgan fingerprint density at radius 2 is 1.93 bits per heavy atom. The molecule has 0 saturated heterocycles. The second-order valence-corrected chi connectivity index (χ2v) is 4.06. The molecule has 2 heteroatoms. The molecule has 0 aliphatic rings. The second kappa shape index (κ2) is 6.46. The van der Waals surface area contributed by atoms with Crippen molar-refractivity contribution in [3.63, 3.8) is 0 Å². The summed E-state index contributed by atoms with van der Waals surface area (Å²) < 4.78 is 0. The minimum Gasteiger partial charge on any atom is -0.508 e. The smallest absolute Gasteiger partial charge is 0.115 e. The van der Waals surface area contributed by atoms with Gasteiger partial charge >= 0.3 is 0 Å². The number of aromatic hydroxyl groups is 1. The van der Waals surface area contributed by atoms with Crippen LogP contribution in [-0.4, -0.2) is 17.7 Å². The molecule has 1 atom stereocenters. The van der Waals surface area contributed by atoms with E-state index in [1.807, 2.05) is 12.1 Å². The molecule has 0 aliphatic heterocycles. The topological polar surface area (TPSA) is 32.3 Å². The van der Waals surface area contributed by atoms with Gasteiger partial charge in [-0.2, -0.15) is 0 Å². The van der Waals surface area contributed by atoms with Crippen LogP contribution < -0.4 is 5.32 Å². The van der Waals surface area contributed by atoms with Crippen molar-refractivity contribution in [2.75, 3.05) is 6.54 Å². The molecule has 0 bridgehead atoms. The molecule has 0 unspecified atom stereocenters. The molecule has 0 amide bonds. The molecule has 0 spiro atoms. The number of hydrogen-bond acceptors (Lipinski definition) is 2. The Bertz CT molecular complexity index is 268. The number of hydrogen-bond donors (Lipinski definition) is 2. The zero-order chi connectivity index (χ0) is 11.1. The Labute approximate surface area is 92.3 Å². The molecule has 0 heterocycles. The highest BCUT2D eigenvalue weighted by Crippen LogP contribution is 2.11. The van der Waals surface area contributed by atoms with E-state index in [0.29, 0.717) is 11.8 Å². The Morgan fingerprint density at radius 1 is 1.27 bits per heavy atom. The lowest BCUT2D eigenvalue weighted by Crippen LogP contribution is -2.27. The second-order valence-electron chi connectivity index (χ2n) is 4.06. The van der Waals surface area contributed by atoms with Gasteiger partial charge in [0.15, 0.2) is 0 Å². The minimum atomic E-state index is 0.343. The summed E-state index contributed by atoms with van der Waals surface area (Å²) in [6.07, 6.45) is 3.40. The third-order valence-corrected chi connectivity index (χ3v) is 2.55. The normalized spacial score (nSPS) is 12.7. The van der Waals surface area contributed by atoms with Crippen molar-refractivity contribution in [3.8, 4) is 5.75 Å². The highest BCUT2D eigenvalue weighted by molar-refractivity contribution is 5.25. The van der Waals surface area contributed by atoms with E-state index in [1.54, 1.807) is 12.1 Å². The van der Waals surface area contributed by atoms with Crippen molar-refractivity contribution in [3.05, 3.63) is 29.8 Å². The zero-order valence-corrected chi connectivity index (χ0v) is 9.66. The van der Waals surface area contributed by atoms with E-state index in [-0.39, 0.29) is 0 Å². The lowest BCUT2D eigenvalue weighted by molar-refractivity contribution is 0.474. The summed E-state index contributed by atoms with van der Waals surface area (Å²) in [6.45, 7) is 5.49. The quantitative estimate of drug-likeness (QED) is 0.751. The van der Waals surface area contributed by atoms with Crippen LogP contribution in [0.1, 0.15) is 32.3 Å². The molecule has 1 rings (SSSR count). The first-order valence-corrected chi connectivity index (χ1v) is 5.73.